The van der Waals surface area contributed by atoms with Gasteiger partial charge < -0.3 is 22.4 Å². The summed E-state index contributed by atoms with van der Waals surface area (Å²) in [6.07, 6.45) is 0. The summed E-state index contributed by atoms with van der Waals surface area (Å²) in [4.78, 5) is 0. The van der Waals surface area contributed by atoms with Gasteiger partial charge in [0.2, 0.25) is 0 Å². The maximum absolute atomic E-state index is 6.55. The molecule has 5 heterocycles. The van der Waals surface area contributed by atoms with Crippen LogP contribution >= 0.6 is 0 Å². The summed E-state index contributed by atoms with van der Waals surface area (Å²) < 4.78 is 24.0. The molecule has 0 aliphatic rings. The fourth-order valence-corrected chi connectivity index (χ4v) is 12.5. The van der Waals surface area contributed by atoms with Gasteiger partial charge in [0.25, 0.3) is 0 Å². The number of nitrogens with zero attached hydrogens (tertiary/aromatic N) is 2. The van der Waals surface area contributed by atoms with Crippen LogP contribution in [-0.2, 0) is 0 Å². The smallest absolute Gasteiger partial charge is 0.143 e. The molecule has 0 aliphatic heterocycles. The highest BCUT2D eigenvalue weighted by molar-refractivity contribution is 6.15. The van der Waals surface area contributed by atoms with Crippen LogP contribution in [0.2, 0.25) is 0 Å². The zero-order valence-corrected chi connectivity index (χ0v) is 41.4. The lowest BCUT2D eigenvalue weighted by atomic mass is 9.98. The van der Waals surface area contributed by atoms with Crippen LogP contribution in [0.25, 0.3) is 165 Å². The first kappa shape index (κ1) is 42.0. The summed E-state index contributed by atoms with van der Waals surface area (Å²) in [6, 6.07) is 91.7. The summed E-state index contributed by atoms with van der Waals surface area (Å²) >= 11 is 0. The van der Waals surface area contributed by atoms with Crippen molar-refractivity contribution in [3.63, 3.8) is 0 Å². The van der Waals surface area contributed by atoms with Crippen molar-refractivity contribution in [2.24, 2.45) is 0 Å². The monoisotopic (exact) mass is 982 g/mol. The van der Waals surface area contributed by atoms with Gasteiger partial charge in [0.15, 0.2) is 0 Å². The van der Waals surface area contributed by atoms with Crippen LogP contribution in [-0.4, -0.2) is 9.13 Å². The van der Waals surface area contributed by atoms with Gasteiger partial charge in [-0.25, -0.2) is 0 Å². The van der Waals surface area contributed by atoms with E-state index in [0.29, 0.717) is 0 Å². The molecule has 358 valence electrons. The number of hydrogen-bond acceptors (Lipinski definition) is 3. The Morgan fingerprint density at radius 3 is 1.13 bits per heavy atom. The lowest BCUT2D eigenvalue weighted by Crippen LogP contribution is -1.94. The topological polar surface area (TPSA) is 49.3 Å². The third kappa shape index (κ3) is 6.35. The maximum atomic E-state index is 6.55. The van der Waals surface area contributed by atoms with Gasteiger partial charge in [0, 0.05) is 70.8 Å². The Kier molecular flexibility index (Phi) is 8.77. The van der Waals surface area contributed by atoms with Crippen LogP contribution in [0.15, 0.2) is 268 Å². The van der Waals surface area contributed by atoms with Gasteiger partial charge in [-0.2, -0.15) is 0 Å². The molecule has 0 radical (unpaired) electrons. The molecule has 0 N–H and O–H groups in total. The number of aromatic nitrogens is 2. The average Bonchev–Trinajstić information content (AvgIpc) is 4.33. The molecule has 0 amide bonds. The Hall–Kier alpha value is -10.4. The first-order valence-electron chi connectivity index (χ1n) is 26.2. The van der Waals surface area contributed by atoms with Crippen LogP contribution in [0.1, 0.15) is 0 Å². The molecule has 0 fully saturated rings. The van der Waals surface area contributed by atoms with Crippen molar-refractivity contribution in [2.75, 3.05) is 0 Å². The molecule has 0 atom stereocenters. The van der Waals surface area contributed by atoms with Gasteiger partial charge in [-0.1, -0.05) is 140 Å². The fraction of sp³-hybridized carbons (Fsp3) is 0. The van der Waals surface area contributed by atoms with Crippen molar-refractivity contribution in [3.05, 3.63) is 255 Å². The summed E-state index contributed by atoms with van der Waals surface area (Å²) in [7, 11) is 0. The summed E-state index contributed by atoms with van der Waals surface area (Å²) in [5.41, 5.74) is 21.3. The minimum Gasteiger partial charge on any atom is -0.456 e. The predicted molar refractivity (Wildman–Crippen MR) is 319 cm³/mol. The molecule has 5 nitrogen and oxygen atoms in total. The molecule has 12 aromatic carbocycles. The summed E-state index contributed by atoms with van der Waals surface area (Å²) in [5, 5.41) is 11.5. The predicted octanol–water partition coefficient (Wildman–Crippen LogP) is 20.2. The molecular weight excluding hydrogens is 941 g/mol. The third-order valence-electron chi connectivity index (χ3n) is 16.1. The Morgan fingerprint density at radius 1 is 0.208 bits per heavy atom. The van der Waals surface area contributed by atoms with E-state index in [1.54, 1.807) is 0 Å². The average molecular weight is 983 g/mol. The minimum absolute atomic E-state index is 0.868. The van der Waals surface area contributed by atoms with Gasteiger partial charge in [-0.05, 0) is 154 Å². The van der Waals surface area contributed by atoms with Gasteiger partial charge in [0.1, 0.15) is 33.5 Å². The lowest BCUT2D eigenvalue weighted by Gasteiger charge is -2.10. The van der Waals surface area contributed by atoms with E-state index in [2.05, 4.69) is 240 Å². The van der Waals surface area contributed by atoms with Gasteiger partial charge in [0.05, 0.1) is 22.1 Å². The van der Waals surface area contributed by atoms with Crippen molar-refractivity contribution in [3.8, 4) is 55.9 Å². The standard InChI is InChI=1S/C72H42N2O3/c1-2-11-50(12-3-1)73-63-18-7-4-13-53(63)57-37-44(23-31-64(57)73)48-27-35-70-61(41-48)62-42-49(28-36-71(62)76-70)46-25-33-66-59(39-46)58-38-45(47-26-34-69-60(40-47)55-15-6-8-19-67(55)75-69)24-32-65(58)74(66)51-29-21-43(22-30-51)52-16-10-17-56-54-14-5-9-20-68(54)77-72(52)56/h1-42H. The van der Waals surface area contributed by atoms with Crippen molar-refractivity contribution >= 4 is 109 Å². The third-order valence-corrected chi connectivity index (χ3v) is 16.1. The molecule has 17 rings (SSSR count). The highest BCUT2D eigenvalue weighted by Crippen LogP contribution is 2.43. The number of furan rings is 3. The van der Waals surface area contributed by atoms with Gasteiger partial charge in [-0.3, -0.25) is 0 Å². The Bertz CT molecular complexity index is 5280. The number of rotatable bonds is 6. The van der Waals surface area contributed by atoms with Crippen molar-refractivity contribution < 1.29 is 13.3 Å². The van der Waals surface area contributed by atoms with Crippen LogP contribution in [0.3, 0.4) is 0 Å². The second kappa shape index (κ2) is 16.1. The lowest BCUT2D eigenvalue weighted by molar-refractivity contribution is 0.668. The number of fused-ring (bicyclic) bond motifs is 15. The Morgan fingerprint density at radius 2 is 0.571 bits per heavy atom. The fourth-order valence-electron chi connectivity index (χ4n) is 12.5. The zero-order chi connectivity index (χ0) is 50.3. The summed E-state index contributed by atoms with van der Waals surface area (Å²) in [6.45, 7) is 0. The second-order valence-corrected chi connectivity index (χ2v) is 20.4. The van der Waals surface area contributed by atoms with Crippen LogP contribution < -0.4 is 0 Å². The number of para-hydroxylation sites is 5. The molecule has 0 saturated carbocycles. The van der Waals surface area contributed by atoms with E-state index in [4.69, 9.17) is 13.3 Å². The molecule has 77 heavy (non-hydrogen) atoms. The van der Waals surface area contributed by atoms with Crippen molar-refractivity contribution in [2.45, 2.75) is 0 Å². The largest absolute Gasteiger partial charge is 0.456 e. The van der Waals surface area contributed by atoms with E-state index in [-0.39, 0.29) is 0 Å². The molecule has 0 aliphatic carbocycles. The number of benzene rings is 12. The first-order valence-corrected chi connectivity index (χ1v) is 26.2. The quantitative estimate of drug-likeness (QED) is 0.167. The first-order chi connectivity index (χ1) is 38.1. The highest BCUT2D eigenvalue weighted by atomic mass is 16.3. The van der Waals surface area contributed by atoms with E-state index >= 15 is 0 Å². The van der Waals surface area contributed by atoms with Gasteiger partial charge >= 0.3 is 0 Å². The van der Waals surface area contributed by atoms with Crippen molar-refractivity contribution in [1.29, 1.82) is 0 Å². The molecule has 17 aromatic rings. The number of hydrogen-bond donors (Lipinski definition) is 0. The normalized spacial score (nSPS) is 12.2. The molecule has 5 aromatic heterocycles. The van der Waals surface area contributed by atoms with Crippen molar-refractivity contribution in [1.82, 2.24) is 9.13 Å². The maximum Gasteiger partial charge on any atom is 0.143 e. The van der Waals surface area contributed by atoms with E-state index in [1.807, 2.05) is 24.3 Å². The van der Waals surface area contributed by atoms with Crippen LogP contribution in [0.4, 0.5) is 0 Å². The minimum atomic E-state index is 0.868. The van der Waals surface area contributed by atoms with Crippen LogP contribution in [0.5, 0.6) is 0 Å². The molecular formula is C72H42N2O3. The molecule has 0 spiro atoms. The second-order valence-electron chi connectivity index (χ2n) is 20.4. The summed E-state index contributed by atoms with van der Waals surface area (Å²) in [5.74, 6) is 0. The Balaban J connectivity index is 0.799. The Labute approximate surface area is 440 Å². The molecule has 0 unspecified atom stereocenters. The van der Waals surface area contributed by atoms with E-state index in [0.717, 1.165) is 127 Å². The van der Waals surface area contributed by atoms with E-state index in [1.165, 1.54) is 38.1 Å². The van der Waals surface area contributed by atoms with Crippen LogP contribution in [0, 0.1) is 0 Å². The molecule has 0 bridgehead atoms. The molecule has 0 saturated heterocycles. The van der Waals surface area contributed by atoms with E-state index < -0.39 is 0 Å². The van der Waals surface area contributed by atoms with Gasteiger partial charge in [-0.15, -0.1) is 0 Å². The zero-order valence-electron chi connectivity index (χ0n) is 41.4. The SMILES string of the molecule is c1ccc(-n2c3ccccc3c3cc(-c4ccc5oc6ccc(-c7ccc8c(c7)c7cc(-c9ccc%10oc%11ccccc%11c%10c9)ccc7n8-c7ccc(-c8cccc9c8oc8ccccc89)cc7)cc6c5c4)ccc32)cc1. The molecule has 5 heteroatoms. The van der Waals surface area contributed by atoms with E-state index in [9.17, 15) is 0 Å². The highest BCUT2D eigenvalue weighted by Gasteiger charge is 2.20.